The highest BCUT2D eigenvalue weighted by Gasteiger charge is 2.15. The fraction of sp³-hybridized carbons (Fsp3) is 0.588. The summed E-state index contributed by atoms with van der Waals surface area (Å²) < 4.78 is 5.33. The summed E-state index contributed by atoms with van der Waals surface area (Å²) in [5.74, 6) is 0.570. The number of amides is 1. The lowest BCUT2D eigenvalue weighted by Crippen LogP contribution is -2.32. The van der Waals surface area contributed by atoms with Crippen LogP contribution >= 0.6 is 0 Å². The Hall–Kier alpha value is -1.55. The Morgan fingerprint density at radius 3 is 2.76 bits per heavy atom. The molecule has 1 aliphatic heterocycles. The maximum Gasteiger partial charge on any atom is 0.251 e. The molecule has 1 aromatic carbocycles. The minimum atomic E-state index is 0.0200. The molecule has 1 heterocycles. The van der Waals surface area contributed by atoms with Gasteiger partial charge in [-0.2, -0.15) is 0 Å². The van der Waals surface area contributed by atoms with Gasteiger partial charge in [0, 0.05) is 37.6 Å². The smallest absolute Gasteiger partial charge is 0.251 e. The van der Waals surface area contributed by atoms with Crippen LogP contribution in [-0.2, 0) is 4.74 Å². The predicted molar refractivity (Wildman–Crippen MR) is 85.8 cm³/mol. The number of rotatable bonds is 6. The SMILES string of the molecule is CCCNc1ccc(C(=O)NCC2CCOCC2)cc1C. The summed E-state index contributed by atoms with van der Waals surface area (Å²) in [4.78, 5) is 12.2. The lowest BCUT2D eigenvalue weighted by atomic mass is 10.0. The molecule has 0 saturated carbocycles. The summed E-state index contributed by atoms with van der Waals surface area (Å²) in [5.41, 5.74) is 2.96. The predicted octanol–water partition coefficient (Wildman–Crippen LogP) is 2.97. The third-order valence-electron chi connectivity index (χ3n) is 3.95. The van der Waals surface area contributed by atoms with E-state index in [1.807, 2.05) is 25.1 Å². The van der Waals surface area contributed by atoms with E-state index in [4.69, 9.17) is 4.74 Å². The van der Waals surface area contributed by atoms with Gasteiger partial charge in [-0.25, -0.2) is 0 Å². The molecule has 4 heteroatoms. The first-order valence-electron chi connectivity index (χ1n) is 7.91. The maximum absolute atomic E-state index is 12.2. The molecule has 2 rings (SSSR count). The van der Waals surface area contributed by atoms with Gasteiger partial charge < -0.3 is 15.4 Å². The number of hydrogen-bond acceptors (Lipinski definition) is 3. The van der Waals surface area contributed by atoms with Gasteiger partial charge in [0.05, 0.1) is 0 Å². The highest BCUT2D eigenvalue weighted by Crippen LogP contribution is 2.17. The lowest BCUT2D eigenvalue weighted by Gasteiger charge is -2.22. The van der Waals surface area contributed by atoms with E-state index in [9.17, 15) is 4.79 Å². The van der Waals surface area contributed by atoms with Crippen molar-refractivity contribution in [3.63, 3.8) is 0 Å². The Kier molecular flexibility index (Phi) is 6.05. The van der Waals surface area contributed by atoms with Gasteiger partial charge in [0.15, 0.2) is 0 Å². The van der Waals surface area contributed by atoms with E-state index < -0.39 is 0 Å². The zero-order chi connectivity index (χ0) is 15.1. The van der Waals surface area contributed by atoms with Gasteiger partial charge in [-0.3, -0.25) is 4.79 Å². The largest absolute Gasteiger partial charge is 0.385 e. The van der Waals surface area contributed by atoms with Gasteiger partial charge in [0.25, 0.3) is 5.91 Å². The molecule has 21 heavy (non-hydrogen) atoms. The van der Waals surface area contributed by atoms with Crippen LogP contribution in [0.15, 0.2) is 18.2 Å². The van der Waals surface area contributed by atoms with Crippen molar-refractivity contribution < 1.29 is 9.53 Å². The summed E-state index contributed by atoms with van der Waals surface area (Å²) in [5, 5.41) is 6.41. The van der Waals surface area contributed by atoms with E-state index >= 15 is 0 Å². The Morgan fingerprint density at radius 1 is 1.33 bits per heavy atom. The van der Waals surface area contributed by atoms with Crippen LogP contribution in [0.4, 0.5) is 5.69 Å². The summed E-state index contributed by atoms with van der Waals surface area (Å²) in [6.45, 7) is 7.51. The number of ether oxygens (including phenoxy) is 1. The van der Waals surface area contributed by atoms with Crippen LogP contribution in [0.3, 0.4) is 0 Å². The first-order valence-corrected chi connectivity index (χ1v) is 7.91. The molecule has 1 saturated heterocycles. The molecule has 1 aliphatic rings. The van der Waals surface area contributed by atoms with Crippen molar-refractivity contribution in [1.29, 1.82) is 0 Å². The van der Waals surface area contributed by atoms with Gasteiger partial charge in [-0.1, -0.05) is 6.92 Å². The van der Waals surface area contributed by atoms with Gasteiger partial charge in [0.1, 0.15) is 0 Å². The van der Waals surface area contributed by atoms with Gasteiger partial charge in [0.2, 0.25) is 0 Å². The van der Waals surface area contributed by atoms with Gasteiger partial charge >= 0.3 is 0 Å². The average Bonchev–Trinajstić information content (AvgIpc) is 2.52. The van der Waals surface area contributed by atoms with E-state index in [2.05, 4.69) is 17.6 Å². The van der Waals surface area contributed by atoms with E-state index in [0.717, 1.165) is 62.4 Å². The standard InChI is InChI=1S/C17H26N2O2/c1-3-8-18-16-5-4-15(11-13(16)2)17(20)19-12-14-6-9-21-10-7-14/h4-5,11,14,18H,3,6-10,12H2,1-2H3,(H,19,20). The van der Waals surface area contributed by atoms with Gasteiger partial charge in [-0.05, 0) is 55.9 Å². The van der Waals surface area contributed by atoms with Crippen LogP contribution in [-0.4, -0.2) is 32.2 Å². The van der Waals surface area contributed by atoms with E-state index in [0.29, 0.717) is 5.92 Å². The second-order valence-corrected chi connectivity index (χ2v) is 5.72. The fourth-order valence-electron chi connectivity index (χ4n) is 2.55. The first kappa shape index (κ1) is 15.8. The molecule has 0 atom stereocenters. The fourth-order valence-corrected chi connectivity index (χ4v) is 2.55. The molecule has 2 N–H and O–H groups in total. The summed E-state index contributed by atoms with van der Waals surface area (Å²) >= 11 is 0. The average molecular weight is 290 g/mol. The summed E-state index contributed by atoms with van der Waals surface area (Å²) in [6.07, 6.45) is 3.17. The number of carbonyl (C=O) groups is 1. The van der Waals surface area contributed by atoms with Crippen LogP contribution in [0.25, 0.3) is 0 Å². The molecule has 0 bridgehead atoms. The number of hydrogen-bond donors (Lipinski definition) is 2. The van der Waals surface area contributed by atoms with Crippen molar-refractivity contribution in [3.05, 3.63) is 29.3 Å². The van der Waals surface area contributed by atoms with Crippen LogP contribution in [0.5, 0.6) is 0 Å². The second kappa shape index (κ2) is 8.03. The van der Waals surface area contributed by atoms with Crippen molar-refractivity contribution in [2.75, 3.05) is 31.6 Å². The Balaban J connectivity index is 1.88. The highest BCUT2D eigenvalue weighted by molar-refractivity contribution is 5.94. The molecule has 0 aliphatic carbocycles. The minimum absolute atomic E-state index is 0.0200. The number of nitrogens with one attached hydrogen (secondary N) is 2. The molecular formula is C17H26N2O2. The van der Waals surface area contributed by atoms with Crippen LogP contribution < -0.4 is 10.6 Å². The van der Waals surface area contributed by atoms with E-state index in [1.165, 1.54) is 0 Å². The topological polar surface area (TPSA) is 50.4 Å². The highest BCUT2D eigenvalue weighted by atomic mass is 16.5. The van der Waals surface area contributed by atoms with E-state index in [1.54, 1.807) is 0 Å². The van der Waals surface area contributed by atoms with Crippen molar-refractivity contribution in [1.82, 2.24) is 5.32 Å². The monoisotopic (exact) mass is 290 g/mol. The third kappa shape index (κ3) is 4.74. The molecule has 1 fully saturated rings. The molecular weight excluding hydrogens is 264 g/mol. The Bertz CT molecular complexity index is 468. The molecule has 0 aromatic heterocycles. The minimum Gasteiger partial charge on any atom is -0.385 e. The van der Waals surface area contributed by atoms with Gasteiger partial charge in [-0.15, -0.1) is 0 Å². The molecule has 0 unspecified atom stereocenters. The Morgan fingerprint density at radius 2 is 2.10 bits per heavy atom. The first-order chi connectivity index (χ1) is 10.2. The van der Waals surface area contributed by atoms with Crippen molar-refractivity contribution >= 4 is 11.6 Å². The van der Waals surface area contributed by atoms with E-state index in [-0.39, 0.29) is 5.91 Å². The molecule has 0 spiro atoms. The quantitative estimate of drug-likeness (QED) is 0.847. The zero-order valence-corrected chi connectivity index (χ0v) is 13.1. The maximum atomic E-state index is 12.2. The summed E-state index contributed by atoms with van der Waals surface area (Å²) in [7, 11) is 0. The third-order valence-corrected chi connectivity index (χ3v) is 3.95. The molecule has 4 nitrogen and oxygen atoms in total. The number of carbonyl (C=O) groups excluding carboxylic acids is 1. The zero-order valence-electron chi connectivity index (χ0n) is 13.1. The normalized spacial score (nSPS) is 15.7. The van der Waals surface area contributed by atoms with Crippen LogP contribution in [0.2, 0.25) is 0 Å². The number of anilines is 1. The van der Waals surface area contributed by atoms with Crippen LogP contribution in [0, 0.1) is 12.8 Å². The molecule has 1 amide bonds. The summed E-state index contributed by atoms with van der Waals surface area (Å²) in [6, 6.07) is 5.84. The Labute approximate surface area is 127 Å². The molecule has 116 valence electrons. The molecule has 1 aromatic rings. The second-order valence-electron chi connectivity index (χ2n) is 5.72. The van der Waals surface area contributed by atoms with Crippen molar-refractivity contribution in [2.45, 2.75) is 33.1 Å². The molecule has 0 radical (unpaired) electrons. The van der Waals surface area contributed by atoms with Crippen molar-refractivity contribution in [2.24, 2.45) is 5.92 Å². The van der Waals surface area contributed by atoms with Crippen molar-refractivity contribution in [3.8, 4) is 0 Å². The number of aryl methyl sites for hydroxylation is 1. The number of benzene rings is 1. The van der Waals surface area contributed by atoms with Crippen LogP contribution in [0.1, 0.15) is 42.1 Å². The lowest BCUT2D eigenvalue weighted by molar-refractivity contribution is 0.0642.